The number of rotatable bonds is 5. The van der Waals surface area contributed by atoms with Crippen LogP contribution in [0.25, 0.3) is 0 Å². The summed E-state index contributed by atoms with van der Waals surface area (Å²) < 4.78 is 0. The number of nitrogens with zero attached hydrogens (tertiary/aromatic N) is 3. The molecule has 0 atom stereocenters. The maximum Gasteiger partial charge on any atom is 0.124 e. The summed E-state index contributed by atoms with van der Waals surface area (Å²) in [4.78, 5) is 7.26. The standard InChI is InChI=1S/C10H15N3S/c1-3-13(4-2)6-5-10-12-8-9(7-11)14-10/h8H,3-6H2,1-2H3. The molecule has 3 nitrogen and oxygen atoms in total. The molecule has 0 saturated heterocycles. The highest BCUT2D eigenvalue weighted by Gasteiger charge is 2.03. The zero-order valence-electron chi connectivity index (χ0n) is 8.66. The second-order valence-corrected chi connectivity index (χ2v) is 4.12. The molecule has 0 radical (unpaired) electrons. The predicted octanol–water partition coefficient (Wildman–Crippen LogP) is 1.90. The first-order chi connectivity index (χ1) is 6.80. The van der Waals surface area contributed by atoms with Crippen molar-refractivity contribution >= 4 is 11.3 Å². The van der Waals surface area contributed by atoms with Crippen LogP contribution in [0.5, 0.6) is 0 Å². The molecule has 1 aromatic rings. The monoisotopic (exact) mass is 209 g/mol. The lowest BCUT2D eigenvalue weighted by atomic mass is 10.4. The average Bonchev–Trinajstić information content (AvgIpc) is 2.67. The third kappa shape index (κ3) is 3.09. The van der Waals surface area contributed by atoms with Gasteiger partial charge in [-0.15, -0.1) is 11.3 Å². The third-order valence-corrected chi connectivity index (χ3v) is 3.16. The Labute approximate surface area is 89.0 Å². The summed E-state index contributed by atoms with van der Waals surface area (Å²) in [7, 11) is 0. The van der Waals surface area contributed by atoms with E-state index in [0.717, 1.165) is 31.1 Å². The van der Waals surface area contributed by atoms with Crippen LogP contribution in [0.2, 0.25) is 0 Å². The zero-order chi connectivity index (χ0) is 10.4. The van der Waals surface area contributed by atoms with E-state index in [2.05, 4.69) is 29.8 Å². The van der Waals surface area contributed by atoms with Crippen LogP contribution in [0.1, 0.15) is 23.7 Å². The van der Waals surface area contributed by atoms with Gasteiger partial charge in [0.05, 0.1) is 11.2 Å². The van der Waals surface area contributed by atoms with E-state index < -0.39 is 0 Å². The van der Waals surface area contributed by atoms with Gasteiger partial charge in [0.1, 0.15) is 10.9 Å². The van der Waals surface area contributed by atoms with E-state index in [1.165, 1.54) is 11.3 Å². The molecule has 0 saturated carbocycles. The second-order valence-electron chi connectivity index (χ2n) is 3.01. The summed E-state index contributed by atoms with van der Waals surface area (Å²) in [5.74, 6) is 0. The minimum Gasteiger partial charge on any atom is -0.303 e. The van der Waals surface area contributed by atoms with E-state index in [1.807, 2.05) is 0 Å². The van der Waals surface area contributed by atoms with Gasteiger partial charge in [0.15, 0.2) is 0 Å². The Bertz CT molecular complexity index is 309. The van der Waals surface area contributed by atoms with Crippen LogP contribution in [0, 0.1) is 11.3 Å². The fraction of sp³-hybridized carbons (Fsp3) is 0.600. The molecule has 0 amide bonds. The first-order valence-electron chi connectivity index (χ1n) is 4.87. The molecule has 4 heteroatoms. The molecule has 0 unspecified atom stereocenters. The van der Waals surface area contributed by atoms with Crippen molar-refractivity contribution in [2.24, 2.45) is 0 Å². The Morgan fingerprint density at radius 1 is 1.50 bits per heavy atom. The number of aromatic nitrogens is 1. The van der Waals surface area contributed by atoms with E-state index in [0.29, 0.717) is 4.88 Å². The van der Waals surface area contributed by atoms with Crippen molar-refractivity contribution in [1.82, 2.24) is 9.88 Å². The Hall–Kier alpha value is -0.920. The molecule has 0 spiro atoms. The van der Waals surface area contributed by atoms with Gasteiger partial charge in [-0.05, 0) is 13.1 Å². The maximum absolute atomic E-state index is 8.63. The van der Waals surface area contributed by atoms with E-state index in [-0.39, 0.29) is 0 Å². The quantitative estimate of drug-likeness (QED) is 0.743. The van der Waals surface area contributed by atoms with Gasteiger partial charge in [0, 0.05) is 13.0 Å². The van der Waals surface area contributed by atoms with Crippen molar-refractivity contribution < 1.29 is 0 Å². The molecule has 0 aliphatic heterocycles. The number of likely N-dealkylation sites (N-methyl/N-ethyl adjacent to an activating group) is 1. The van der Waals surface area contributed by atoms with Gasteiger partial charge < -0.3 is 4.90 Å². The summed E-state index contributed by atoms with van der Waals surface area (Å²) >= 11 is 1.50. The summed E-state index contributed by atoms with van der Waals surface area (Å²) in [6.45, 7) is 7.50. The molecule has 1 aromatic heterocycles. The van der Waals surface area contributed by atoms with Gasteiger partial charge in [-0.1, -0.05) is 13.8 Å². The molecule has 14 heavy (non-hydrogen) atoms. The molecule has 1 rings (SSSR count). The fourth-order valence-corrected chi connectivity index (χ4v) is 1.97. The van der Waals surface area contributed by atoms with Crippen molar-refractivity contribution in [3.8, 4) is 6.07 Å². The molecule has 0 fully saturated rings. The van der Waals surface area contributed by atoms with E-state index in [1.54, 1.807) is 6.20 Å². The number of hydrogen-bond donors (Lipinski definition) is 0. The van der Waals surface area contributed by atoms with E-state index in [4.69, 9.17) is 5.26 Å². The third-order valence-electron chi connectivity index (χ3n) is 2.20. The van der Waals surface area contributed by atoms with Crippen LogP contribution in [0.15, 0.2) is 6.20 Å². The Kier molecular flexibility index (Phi) is 4.57. The highest BCUT2D eigenvalue weighted by molar-refractivity contribution is 7.12. The van der Waals surface area contributed by atoms with Crippen LogP contribution < -0.4 is 0 Å². The Morgan fingerprint density at radius 2 is 2.21 bits per heavy atom. The smallest absolute Gasteiger partial charge is 0.124 e. The lowest BCUT2D eigenvalue weighted by molar-refractivity contribution is 0.308. The van der Waals surface area contributed by atoms with Crippen LogP contribution in [0.4, 0.5) is 0 Å². The van der Waals surface area contributed by atoms with Crippen molar-refractivity contribution in [3.05, 3.63) is 16.1 Å². The highest BCUT2D eigenvalue weighted by atomic mass is 32.1. The lowest BCUT2D eigenvalue weighted by Crippen LogP contribution is -2.25. The number of thiazole rings is 1. The first-order valence-corrected chi connectivity index (χ1v) is 5.69. The summed E-state index contributed by atoms with van der Waals surface area (Å²) in [6.07, 6.45) is 2.61. The van der Waals surface area contributed by atoms with Gasteiger partial charge in [0.25, 0.3) is 0 Å². The SMILES string of the molecule is CCN(CC)CCc1ncc(C#N)s1. The Morgan fingerprint density at radius 3 is 2.71 bits per heavy atom. The van der Waals surface area contributed by atoms with Crippen LogP contribution in [-0.4, -0.2) is 29.5 Å². The topological polar surface area (TPSA) is 39.9 Å². The maximum atomic E-state index is 8.63. The molecule has 0 N–H and O–H groups in total. The van der Waals surface area contributed by atoms with Crippen molar-refractivity contribution in [1.29, 1.82) is 5.26 Å². The fourth-order valence-electron chi connectivity index (χ4n) is 1.27. The molecule has 0 bridgehead atoms. The minimum atomic E-state index is 0.708. The average molecular weight is 209 g/mol. The minimum absolute atomic E-state index is 0.708. The van der Waals surface area contributed by atoms with Gasteiger partial charge in [0.2, 0.25) is 0 Å². The molecule has 0 aliphatic rings. The lowest BCUT2D eigenvalue weighted by Gasteiger charge is -2.16. The summed E-state index contributed by atoms with van der Waals surface area (Å²) in [6, 6.07) is 2.11. The van der Waals surface area contributed by atoms with Crippen LogP contribution >= 0.6 is 11.3 Å². The van der Waals surface area contributed by atoms with Crippen LogP contribution in [0.3, 0.4) is 0 Å². The largest absolute Gasteiger partial charge is 0.303 e. The Balaban J connectivity index is 2.41. The van der Waals surface area contributed by atoms with Gasteiger partial charge in [-0.25, -0.2) is 4.98 Å². The summed E-state index contributed by atoms with van der Waals surface area (Å²) in [5, 5.41) is 9.69. The molecular formula is C10H15N3S. The van der Waals surface area contributed by atoms with Crippen molar-refractivity contribution in [3.63, 3.8) is 0 Å². The van der Waals surface area contributed by atoms with Crippen molar-refractivity contribution in [2.45, 2.75) is 20.3 Å². The molecule has 0 aromatic carbocycles. The second kappa shape index (κ2) is 5.74. The highest BCUT2D eigenvalue weighted by Crippen LogP contribution is 2.12. The van der Waals surface area contributed by atoms with Crippen LogP contribution in [-0.2, 0) is 6.42 Å². The first kappa shape index (κ1) is 11.2. The molecule has 1 heterocycles. The van der Waals surface area contributed by atoms with Gasteiger partial charge in [-0.3, -0.25) is 0 Å². The van der Waals surface area contributed by atoms with Crippen molar-refractivity contribution in [2.75, 3.05) is 19.6 Å². The van der Waals surface area contributed by atoms with E-state index >= 15 is 0 Å². The summed E-state index contributed by atoms with van der Waals surface area (Å²) in [5.41, 5.74) is 0. The zero-order valence-corrected chi connectivity index (χ0v) is 9.47. The molecule has 0 aliphatic carbocycles. The predicted molar refractivity (Wildman–Crippen MR) is 58.3 cm³/mol. The van der Waals surface area contributed by atoms with Gasteiger partial charge >= 0.3 is 0 Å². The number of nitriles is 1. The number of hydrogen-bond acceptors (Lipinski definition) is 4. The van der Waals surface area contributed by atoms with Gasteiger partial charge in [-0.2, -0.15) is 5.26 Å². The normalized spacial score (nSPS) is 10.4. The molecular weight excluding hydrogens is 194 g/mol. The molecule has 76 valence electrons. The van der Waals surface area contributed by atoms with E-state index in [9.17, 15) is 0 Å².